The maximum atomic E-state index is 12.3. The molecule has 0 aliphatic rings. The van der Waals surface area contributed by atoms with Crippen molar-refractivity contribution in [3.05, 3.63) is 96.1 Å². The van der Waals surface area contributed by atoms with E-state index in [9.17, 15) is 4.79 Å². The zero-order valence-electron chi connectivity index (χ0n) is 14.2. The summed E-state index contributed by atoms with van der Waals surface area (Å²) in [5, 5.41) is 2.92. The van der Waals surface area contributed by atoms with Crippen molar-refractivity contribution in [3.63, 3.8) is 0 Å². The summed E-state index contributed by atoms with van der Waals surface area (Å²) in [6.45, 7) is 1.05. The van der Waals surface area contributed by atoms with Crippen LogP contribution in [0.5, 0.6) is 0 Å². The molecule has 0 aliphatic carbocycles. The summed E-state index contributed by atoms with van der Waals surface area (Å²) in [7, 11) is 0. The standard InChI is InChI=1S/C21H18N4O/c26-21(18-11-6-7-13-22-18)23-14-20-24-17-10-4-5-12-19(17)25(20)15-16-8-2-1-3-9-16/h1-13H,14-15H2,(H,23,26). The van der Waals surface area contributed by atoms with Gasteiger partial charge in [0.1, 0.15) is 11.5 Å². The average Bonchev–Trinajstić information content (AvgIpc) is 3.05. The molecule has 4 rings (SSSR count). The van der Waals surface area contributed by atoms with Gasteiger partial charge in [-0.1, -0.05) is 48.5 Å². The Labute approximate surface area is 151 Å². The first-order valence-electron chi connectivity index (χ1n) is 8.48. The molecule has 2 heterocycles. The van der Waals surface area contributed by atoms with Gasteiger partial charge in [0.2, 0.25) is 0 Å². The predicted octanol–water partition coefficient (Wildman–Crippen LogP) is 3.41. The number of para-hydroxylation sites is 2. The van der Waals surface area contributed by atoms with Crippen LogP contribution >= 0.6 is 0 Å². The van der Waals surface area contributed by atoms with Gasteiger partial charge in [0.25, 0.3) is 5.91 Å². The fraction of sp³-hybridized carbons (Fsp3) is 0.0952. The summed E-state index contributed by atoms with van der Waals surface area (Å²) in [5.41, 5.74) is 3.56. The topological polar surface area (TPSA) is 59.8 Å². The van der Waals surface area contributed by atoms with Gasteiger partial charge in [-0.15, -0.1) is 0 Å². The Balaban J connectivity index is 1.62. The summed E-state index contributed by atoms with van der Waals surface area (Å²) in [6, 6.07) is 23.5. The van der Waals surface area contributed by atoms with E-state index in [-0.39, 0.29) is 5.91 Å². The Kier molecular flexibility index (Phi) is 4.43. The summed E-state index contributed by atoms with van der Waals surface area (Å²) >= 11 is 0. The Morgan fingerprint density at radius 1 is 0.923 bits per heavy atom. The van der Waals surface area contributed by atoms with E-state index in [0.717, 1.165) is 16.9 Å². The van der Waals surface area contributed by atoms with Crippen LogP contribution in [0.15, 0.2) is 79.0 Å². The highest BCUT2D eigenvalue weighted by Gasteiger charge is 2.13. The molecule has 0 unspecified atom stereocenters. The van der Waals surface area contributed by atoms with Gasteiger partial charge in [0, 0.05) is 12.7 Å². The van der Waals surface area contributed by atoms with Crippen molar-refractivity contribution >= 4 is 16.9 Å². The summed E-state index contributed by atoms with van der Waals surface area (Å²) < 4.78 is 2.14. The van der Waals surface area contributed by atoms with E-state index in [1.165, 1.54) is 5.56 Å². The number of carbonyl (C=O) groups excluding carboxylic acids is 1. The molecule has 1 N–H and O–H groups in total. The van der Waals surface area contributed by atoms with E-state index in [1.54, 1.807) is 24.4 Å². The Morgan fingerprint density at radius 2 is 1.69 bits per heavy atom. The molecule has 0 atom stereocenters. The Morgan fingerprint density at radius 3 is 2.50 bits per heavy atom. The van der Waals surface area contributed by atoms with Gasteiger partial charge in [-0.05, 0) is 29.8 Å². The van der Waals surface area contributed by atoms with Gasteiger partial charge in [0.15, 0.2) is 0 Å². The van der Waals surface area contributed by atoms with Crippen LogP contribution < -0.4 is 5.32 Å². The fourth-order valence-electron chi connectivity index (χ4n) is 2.95. The lowest BCUT2D eigenvalue weighted by Crippen LogP contribution is -2.25. The van der Waals surface area contributed by atoms with Crippen molar-refractivity contribution < 1.29 is 4.79 Å². The van der Waals surface area contributed by atoms with Gasteiger partial charge in [0.05, 0.1) is 17.6 Å². The van der Waals surface area contributed by atoms with Gasteiger partial charge < -0.3 is 9.88 Å². The molecule has 5 heteroatoms. The monoisotopic (exact) mass is 342 g/mol. The number of pyridine rings is 1. The molecule has 0 spiro atoms. The number of hydrogen-bond acceptors (Lipinski definition) is 3. The van der Waals surface area contributed by atoms with E-state index in [1.807, 2.05) is 36.4 Å². The Hall–Kier alpha value is -3.47. The third-order valence-corrected chi connectivity index (χ3v) is 4.22. The van der Waals surface area contributed by atoms with Crippen LogP contribution in [-0.4, -0.2) is 20.4 Å². The van der Waals surface area contributed by atoms with E-state index >= 15 is 0 Å². The van der Waals surface area contributed by atoms with E-state index in [0.29, 0.717) is 18.8 Å². The molecule has 5 nitrogen and oxygen atoms in total. The number of imidazole rings is 1. The largest absolute Gasteiger partial charge is 0.343 e. The molecular weight excluding hydrogens is 324 g/mol. The van der Waals surface area contributed by atoms with Crippen molar-refractivity contribution in [2.75, 3.05) is 0 Å². The van der Waals surface area contributed by atoms with Gasteiger partial charge in [-0.3, -0.25) is 9.78 Å². The van der Waals surface area contributed by atoms with Crippen LogP contribution in [0.4, 0.5) is 0 Å². The number of nitrogens with zero attached hydrogens (tertiary/aromatic N) is 3. The van der Waals surface area contributed by atoms with E-state index in [4.69, 9.17) is 4.98 Å². The summed E-state index contributed by atoms with van der Waals surface area (Å²) in [6.07, 6.45) is 1.61. The molecule has 0 fully saturated rings. The second-order valence-electron chi connectivity index (χ2n) is 5.99. The lowest BCUT2D eigenvalue weighted by Gasteiger charge is -2.10. The lowest BCUT2D eigenvalue weighted by molar-refractivity contribution is 0.0944. The molecule has 128 valence electrons. The molecule has 4 aromatic rings. The molecule has 2 aromatic heterocycles. The minimum atomic E-state index is -0.205. The molecule has 0 radical (unpaired) electrons. The molecule has 26 heavy (non-hydrogen) atoms. The minimum absolute atomic E-state index is 0.205. The number of amides is 1. The van der Waals surface area contributed by atoms with Gasteiger partial charge in [-0.2, -0.15) is 0 Å². The first kappa shape index (κ1) is 16.0. The predicted molar refractivity (Wildman–Crippen MR) is 101 cm³/mol. The maximum Gasteiger partial charge on any atom is 0.270 e. The highest BCUT2D eigenvalue weighted by atomic mass is 16.1. The Bertz CT molecular complexity index is 1030. The highest BCUT2D eigenvalue weighted by Crippen LogP contribution is 2.18. The van der Waals surface area contributed by atoms with Crippen LogP contribution in [0.3, 0.4) is 0 Å². The average molecular weight is 342 g/mol. The molecule has 2 aromatic carbocycles. The van der Waals surface area contributed by atoms with Crippen molar-refractivity contribution in [3.8, 4) is 0 Å². The second-order valence-corrected chi connectivity index (χ2v) is 5.99. The van der Waals surface area contributed by atoms with Crippen molar-refractivity contribution in [2.24, 2.45) is 0 Å². The number of fused-ring (bicyclic) bond motifs is 1. The van der Waals surface area contributed by atoms with E-state index in [2.05, 4.69) is 33.1 Å². The van der Waals surface area contributed by atoms with Crippen LogP contribution in [0, 0.1) is 0 Å². The highest BCUT2D eigenvalue weighted by molar-refractivity contribution is 5.92. The van der Waals surface area contributed by atoms with Crippen molar-refractivity contribution in [2.45, 2.75) is 13.1 Å². The number of aromatic nitrogens is 3. The van der Waals surface area contributed by atoms with Crippen molar-refractivity contribution in [1.29, 1.82) is 0 Å². The quantitative estimate of drug-likeness (QED) is 0.605. The number of hydrogen-bond donors (Lipinski definition) is 1. The third kappa shape index (κ3) is 3.32. The maximum absolute atomic E-state index is 12.3. The fourth-order valence-corrected chi connectivity index (χ4v) is 2.95. The number of rotatable bonds is 5. The normalized spacial score (nSPS) is 10.8. The molecule has 0 saturated heterocycles. The van der Waals surface area contributed by atoms with Crippen LogP contribution in [0.1, 0.15) is 21.9 Å². The van der Waals surface area contributed by atoms with Crippen LogP contribution in [0.25, 0.3) is 11.0 Å². The number of benzene rings is 2. The zero-order valence-corrected chi connectivity index (χ0v) is 14.2. The minimum Gasteiger partial charge on any atom is -0.343 e. The van der Waals surface area contributed by atoms with E-state index < -0.39 is 0 Å². The lowest BCUT2D eigenvalue weighted by atomic mass is 10.2. The number of carbonyl (C=O) groups is 1. The smallest absolute Gasteiger partial charge is 0.270 e. The summed E-state index contributed by atoms with van der Waals surface area (Å²) in [5.74, 6) is 0.614. The van der Waals surface area contributed by atoms with Crippen LogP contribution in [0.2, 0.25) is 0 Å². The molecular formula is C21H18N4O. The first-order chi connectivity index (χ1) is 12.8. The van der Waals surface area contributed by atoms with Crippen molar-refractivity contribution in [1.82, 2.24) is 19.9 Å². The van der Waals surface area contributed by atoms with Gasteiger partial charge >= 0.3 is 0 Å². The second kappa shape index (κ2) is 7.19. The summed E-state index contributed by atoms with van der Waals surface area (Å²) in [4.78, 5) is 21.1. The molecule has 0 bridgehead atoms. The van der Waals surface area contributed by atoms with Gasteiger partial charge in [-0.25, -0.2) is 4.98 Å². The molecule has 0 saturated carbocycles. The molecule has 1 amide bonds. The zero-order chi connectivity index (χ0) is 17.8. The number of nitrogens with one attached hydrogen (secondary N) is 1. The molecule has 0 aliphatic heterocycles. The SMILES string of the molecule is O=C(NCc1nc2ccccc2n1Cc1ccccc1)c1ccccn1. The van der Waals surface area contributed by atoms with Crippen LogP contribution in [-0.2, 0) is 13.1 Å². The third-order valence-electron chi connectivity index (χ3n) is 4.22. The first-order valence-corrected chi connectivity index (χ1v) is 8.48.